The molecule has 1 aromatic rings. The van der Waals surface area contributed by atoms with Crippen molar-refractivity contribution in [3.05, 3.63) is 42.0 Å². The molecule has 0 aromatic heterocycles. The molecule has 16 nitrogen and oxygen atoms in total. The van der Waals surface area contributed by atoms with Gasteiger partial charge in [-0.05, 0) is 64.2 Å². The van der Waals surface area contributed by atoms with Crippen LogP contribution in [0.15, 0.2) is 36.4 Å². The number of nitrogens with two attached hydrogens (primary N) is 1. The van der Waals surface area contributed by atoms with Gasteiger partial charge < -0.3 is 36.1 Å². The number of nitrogens with one attached hydrogen (secondary N) is 3. The summed E-state index contributed by atoms with van der Waals surface area (Å²) < 4.78 is 10.9. The fourth-order valence-electron chi connectivity index (χ4n) is 5.78. The maximum atomic E-state index is 13.7. The third kappa shape index (κ3) is 12.2. The molecule has 7 amide bonds. The molecule has 53 heavy (non-hydrogen) atoms. The largest absolute Gasteiger partial charge is 0.460 e. The topological polar surface area (TPSA) is 224 Å². The highest BCUT2D eigenvalue weighted by molar-refractivity contribution is 6.15. The van der Waals surface area contributed by atoms with Crippen LogP contribution in [0.5, 0.6) is 0 Å². The predicted octanol–water partition coefficient (Wildman–Crippen LogP) is 1.32. The Balaban J connectivity index is 1.69. The van der Waals surface area contributed by atoms with Gasteiger partial charge >= 0.3 is 5.97 Å². The van der Waals surface area contributed by atoms with Gasteiger partial charge in [0.2, 0.25) is 29.5 Å². The number of anilines is 1. The van der Waals surface area contributed by atoms with Crippen LogP contribution in [0.4, 0.5) is 5.69 Å². The van der Waals surface area contributed by atoms with Gasteiger partial charge in [-0.3, -0.25) is 43.3 Å². The molecule has 1 aromatic carbocycles. The lowest BCUT2D eigenvalue weighted by Crippen LogP contribution is -2.56. The normalized spacial score (nSPS) is 18.3. The Labute approximate surface area is 309 Å². The van der Waals surface area contributed by atoms with E-state index in [-0.39, 0.29) is 38.4 Å². The Morgan fingerprint density at radius 3 is 2.15 bits per heavy atom. The lowest BCUT2D eigenvalue weighted by Gasteiger charge is -2.28. The van der Waals surface area contributed by atoms with Crippen LogP contribution in [0.2, 0.25) is 0 Å². The van der Waals surface area contributed by atoms with Crippen molar-refractivity contribution < 1.29 is 47.8 Å². The summed E-state index contributed by atoms with van der Waals surface area (Å²) in [5.74, 6) is -4.95. The fraction of sp³-hybridized carbons (Fsp3) is 0.568. The predicted molar refractivity (Wildman–Crippen MR) is 192 cm³/mol. The van der Waals surface area contributed by atoms with Crippen LogP contribution < -0.4 is 21.7 Å². The van der Waals surface area contributed by atoms with E-state index in [4.69, 9.17) is 15.2 Å². The van der Waals surface area contributed by atoms with Crippen LogP contribution in [-0.4, -0.2) is 101 Å². The van der Waals surface area contributed by atoms with Crippen LogP contribution >= 0.6 is 0 Å². The van der Waals surface area contributed by atoms with E-state index >= 15 is 0 Å². The number of amides is 7. The molecule has 1 saturated heterocycles. The summed E-state index contributed by atoms with van der Waals surface area (Å²) in [5, 5.41) is 8.19. The number of likely N-dealkylation sites (tertiary alicyclic amines) is 1. The lowest BCUT2D eigenvalue weighted by atomic mass is 9.97. The molecule has 0 spiro atoms. The first-order chi connectivity index (χ1) is 24.9. The second-order valence-electron chi connectivity index (χ2n) is 14.5. The summed E-state index contributed by atoms with van der Waals surface area (Å²) in [4.78, 5) is 104. The highest BCUT2D eigenvalue weighted by Gasteiger charge is 2.47. The smallest absolute Gasteiger partial charge is 0.311 e. The molecule has 0 saturated carbocycles. The van der Waals surface area contributed by atoms with Gasteiger partial charge in [-0.25, -0.2) is 0 Å². The standard InChI is InChI=1S/C37H52N6O10/c1-7-52-21-25-18-27(43-30(46)16-17-31(43)47)35(50)42(25)19-29(45)41-32(22(2)3)34(49)40-26(10-8-9-11-28(38)44)33(48)39-24-14-12-23(13-15-24)20-53-36(51)37(4,5)6/h12-17,22,25-27,32H,7-11,18-21H2,1-6H3,(H2,38,44)(H,39,48)(H,40,49)(H,41,45)/t25-,26-,27-,32-/m0/s1. The van der Waals surface area contributed by atoms with Gasteiger partial charge in [-0.15, -0.1) is 0 Å². The van der Waals surface area contributed by atoms with E-state index in [9.17, 15) is 38.4 Å². The zero-order valence-corrected chi connectivity index (χ0v) is 31.3. The van der Waals surface area contributed by atoms with Gasteiger partial charge in [-0.1, -0.05) is 32.4 Å². The quantitative estimate of drug-likeness (QED) is 0.0905. The summed E-state index contributed by atoms with van der Waals surface area (Å²) in [6.07, 6.45) is 3.30. The van der Waals surface area contributed by atoms with Gasteiger partial charge in [0.1, 0.15) is 24.7 Å². The zero-order chi connectivity index (χ0) is 39.5. The van der Waals surface area contributed by atoms with Crippen molar-refractivity contribution in [3.8, 4) is 0 Å². The number of benzene rings is 1. The van der Waals surface area contributed by atoms with E-state index in [2.05, 4.69) is 16.0 Å². The monoisotopic (exact) mass is 740 g/mol. The average Bonchev–Trinajstić information content (AvgIpc) is 3.57. The first-order valence-corrected chi connectivity index (χ1v) is 17.8. The first-order valence-electron chi connectivity index (χ1n) is 17.8. The van der Waals surface area contributed by atoms with Crippen LogP contribution in [-0.2, 0) is 54.4 Å². The van der Waals surface area contributed by atoms with E-state index in [1.54, 1.807) is 65.8 Å². The Bertz CT molecular complexity index is 1550. The molecule has 5 N–H and O–H groups in total. The average molecular weight is 741 g/mol. The van der Waals surface area contributed by atoms with Gasteiger partial charge in [0, 0.05) is 37.3 Å². The Morgan fingerprint density at radius 2 is 1.58 bits per heavy atom. The molecule has 3 rings (SSSR count). The molecule has 0 aliphatic carbocycles. The molecule has 4 atom stereocenters. The van der Waals surface area contributed by atoms with Crippen molar-refractivity contribution >= 4 is 53.0 Å². The molecule has 2 aliphatic heterocycles. The van der Waals surface area contributed by atoms with Crippen molar-refractivity contribution in [1.82, 2.24) is 20.4 Å². The number of unbranched alkanes of at least 4 members (excludes halogenated alkanes) is 1. The number of carbonyl (C=O) groups is 8. The number of primary amides is 1. The molecule has 0 unspecified atom stereocenters. The number of imide groups is 1. The Kier molecular flexibility index (Phi) is 15.2. The van der Waals surface area contributed by atoms with Crippen molar-refractivity contribution in [2.24, 2.45) is 17.1 Å². The van der Waals surface area contributed by atoms with Crippen molar-refractivity contribution in [1.29, 1.82) is 0 Å². The minimum absolute atomic E-state index is 0.0557. The fourth-order valence-corrected chi connectivity index (χ4v) is 5.78. The number of hydrogen-bond donors (Lipinski definition) is 4. The zero-order valence-electron chi connectivity index (χ0n) is 31.3. The SMILES string of the molecule is CCOC[C@@H]1C[C@H](N2C(=O)C=CC2=O)C(=O)N1CC(=O)N[C@H](C(=O)N[C@@H](CCCCC(N)=O)C(=O)Nc1ccc(COC(=O)C(C)(C)C)cc1)C(C)C. The first kappa shape index (κ1) is 42.3. The van der Waals surface area contributed by atoms with E-state index < -0.39 is 83.4 Å². The van der Waals surface area contributed by atoms with Crippen LogP contribution in [0.3, 0.4) is 0 Å². The third-order valence-corrected chi connectivity index (χ3v) is 8.76. The van der Waals surface area contributed by atoms with E-state index in [1.165, 1.54) is 4.90 Å². The number of carbonyl (C=O) groups excluding carboxylic acids is 8. The van der Waals surface area contributed by atoms with E-state index in [0.717, 1.165) is 17.1 Å². The number of ether oxygens (including phenoxy) is 2. The van der Waals surface area contributed by atoms with E-state index in [0.29, 0.717) is 30.7 Å². The summed E-state index contributed by atoms with van der Waals surface area (Å²) in [5.41, 5.74) is 5.75. The number of nitrogens with zero attached hydrogens (tertiary/aromatic N) is 2. The second kappa shape index (κ2) is 19.1. The number of rotatable bonds is 19. The molecule has 1 fully saturated rings. The summed E-state index contributed by atoms with van der Waals surface area (Å²) >= 11 is 0. The van der Waals surface area contributed by atoms with E-state index in [1.807, 2.05) is 0 Å². The highest BCUT2D eigenvalue weighted by Crippen LogP contribution is 2.26. The molecule has 2 heterocycles. The molecule has 0 bridgehead atoms. The number of esters is 1. The molecular formula is C37H52N6O10. The minimum atomic E-state index is -1.11. The van der Waals surface area contributed by atoms with Crippen molar-refractivity contribution in [2.45, 2.75) is 104 Å². The second-order valence-corrected chi connectivity index (χ2v) is 14.5. The van der Waals surface area contributed by atoms with Gasteiger partial charge in [0.05, 0.1) is 24.6 Å². The van der Waals surface area contributed by atoms with Crippen LogP contribution in [0.1, 0.15) is 79.2 Å². The molecule has 0 radical (unpaired) electrons. The van der Waals surface area contributed by atoms with Gasteiger partial charge in [-0.2, -0.15) is 0 Å². The van der Waals surface area contributed by atoms with Crippen molar-refractivity contribution in [3.63, 3.8) is 0 Å². The summed E-state index contributed by atoms with van der Waals surface area (Å²) in [6.45, 7) is 10.4. The van der Waals surface area contributed by atoms with Gasteiger partial charge in [0.25, 0.3) is 11.8 Å². The molecule has 16 heteroatoms. The molecular weight excluding hydrogens is 688 g/mol. The summed E-state index contributed by atoms with van der Waals surface area (Å²) in [6, 6.07) is 2.80. The molecule has 290 valence electrons. The van der Waals surface area contributed by atoms with Crippen LogP contribution in [0.25, 0.3) is 0 Å². The lowest BCUT2D eigenvalue weighted by molar-refractivity contribution is -0.154. The Morgan fingerprint density at radius 1 is 0.943 bits per heavy atom. The number of hydrogen-bond acceptors (Lipinski definition) is 10. The minimum Gasteiger partial charge on any atom is -0.460 e. The van der Waals surface area contributed by atoms with Crippen LogP contribution in [0, 0.1) is 11.3 Å². The highest BCUT2D eigenvalue weighted by atomic mass is 16.5. The van der Waals surface area contributed by atoms with Gasteiger partial charge in [0.15, 0.2) is 0 Å². The molecule has 2 aliphatic rings. The third-order valence-electron chi connectivity index (χ3n) is 8.76. The summed E-state index contributed by atoms with van der Waals surface area (Å²) in [7, 11) is 0. The maximum Gasteiger partial charge on any atom is 0.311 e. The Hall–Kier alpha value is -5.12. The maximum absolute atomic E-state index is 13.7. The van der Waals surface area contributed by atoms with Crippen molar-refractivity contribution in [2.75, 3.05) is 25.1 Å².